The van der Waals surface area contributed by atoms with E-state index in [4.69, 9.17) is 0 Å². The Labute approximate surface area is 163 Å². The Morgan fingerprint density at radius 3 is 2.58 bits per heavy atom. The van der Waals surface area contributed by atoms with Crippen molar-refractivity contribution >= 4 is 39.1 Å². The highest BCUT2D eigenvalue weighted by Gasteiger charge is 2.22. The zero-order valence-corrected chi connectivity index (χ0v) is 17.0. The van der Waals surface area contributed by atoms with Crippen LogP contribution in [-0.2, 0) is 0 Å². The first-order chi connectivity index (χ1) is 12.4. The summed E-state index contributed by atoms with van der Waals surface area (Å²) in [4.78, 5) is 10.9. The maximum absolute atomic E-state index is 4.55. The Hall–Kier alpha value is -2.34. The molecule has 1 fully saturated rings. The van der Waals surface area contributed by atoms with Crippen molar-refractivity contribution in [2.45, 2.75) is 19.8 Å². The molecule has 1 aliphatic rings. The number of nitrogens with zero attached hydrogens (tertiary/aromatic N) is 3. The summed E-state index contributed by atoms with van der Waals surface area (Å²) in [5.41, 5.74) is 4.28. The van der Waals surface area contributed by atoms with Crippen LogP contribution >= 0.6 is 15.9 Å². The van der Waals surface area contributed by atoms with Gasteiger partial charge in [-0.2, -0.15) is 4.98 Å². The fourth-order valence-electron chi connectivity index (χ4n) is 2.61. The van der Waals surface area contributed by atoms with Crippen molar-refractivity contribution in [3.8, 4) is 0 Å². The molecule has 2 aromatic rings. The van der Waals surface area contributed by atoms with E-state index >= 15 is 0 Å². The fourth-order valence-corrected chi connectivity index (χ4v) is 2.90. The molecule has 2 N–H and O–H groups in total. The summed E-state index contributed by atoms with van der Waals surface area (Å²) in [6.07, 6.45) is 6.40. The van der Waals surface area contributed by atoms with Crippen molar-refractivity contribution in [3.05, 3.63) is 58.9 Å². The summed E-state index contributed by atoms with van der Waals surface area (Å²) in [6, 6.07) is 8.12. The van der Waals surface area contributed by atoms with Gasteiger partial charge in [-0.1, -0.05) is 12.2 Å². The van der Waals surface area contributed by atoms with Crippen molar-refractivity contribution < 1.29 is 0 Å². The molecule has 3 rings (SSSR count). The van der Waals surface area contributed by atoms with Gasteiger partial charge in [-0.15, -0.1) is 0 Å². The summed E-state index contributed by atoms with van der Waals surface area (Å²) < 4.78 is 0.796. The van der Waals surface area contributed by atoms with Gasteiger partial charge in [0.05, 0.1) is 4.47 Å². The van der Waals surface area contributed by atoms with Crippen molar-refractivity contribution in [2.75, 3.05) is 29.6 Å². The first-order valence-electron chi connectivity index (χ1n) is 8.63. The monoisotopic (exact) mass is 413 g/mol. The SMILES string of the molecule is C=C(/C=C(\C)C1CC1)Nc1nc(Nc2ccc(N(C)C)cc2)ncc1Br. The van der Waals surface area contributed by atoms with Crippen molar-refractivity contribution in [2.24, 2.45) is 5.92 Å². The first-order valence-corrected chi connectivity index (χ1v) is 9.43. The third kappa shape index (κ3) is 4.85. The minimum Gasteiger partial charge on any atom is -0.378 e. The molecule has 1 aliphatic carbocycles. The van der Waals surface area contributed by atoms with E-state index in [0.717, 1.165) is 27.5 Å². The number of anilines is 4. The molecule has 0 atom stereocenters. The Kier molecular flexibility index (Phi) is 5.61. The average molecular weight is 414 g/mol. The molecule has 136 valence electrons. The zero-order valence-electron chi connectivity index (χ0n) is 15.4. The maximum atomic E-state index is 4.55. The highest BCUT2D eigenvalue weighted by atomic mass is 79.9. The molecule has 1 aromatic heterocycles. The Morgan fingerprint density at radius 2 is 1.96 bits per heavy atom. The highest BCUT2D eigenvalue weighted by molar-refractivity contribution is 9.10. The third-order valence-corrected chi connectivity index (χ3v) is 4.87. The lowest BCUT2D eigenvalue weighted by molar-refractivity contribution is 1.00. The van der Waals surface area contributed by atoms with Crippen molar-refractivity contribution in [1.29, 1.82) is 0 Å². The summed E-state index contributed by atoms with van der Waals surface area (Å²) in [7, 11) is 4.04. The molecule has 1 saturated carbocycles. The number of benzene rings is 1. The van der Waals surface area contributed by atoms with Gasteiger partial charge in [0, 0.05) is 37.4 Å². The van der Waals surface area contributed by atoms with Crippen LogP contribution < -0.4 is 15.5 Å². The minimum atomic E-state index is 0.531. The van der Waals surface area contributed by atoms with Gasteiger partial charge in [0.2, 0.25) is 5.95 Å². The molecule has 0 amide bonds. The first kappa shape index (κ1) is 18.5. The molecule has 0 radical (unpaired) electrons. The molecule has 6 heteroatoms. The van der Waals surface area contributed by atoms with Crippen LogP contribution in [0, 0.1) is 5.92 Å². The van der Waals surface area contributed by atoms with Gasteiger partial charge in [-0.05, 0) is 72.0 Å². The number of hydrogen-bond acceptors (Lipinski definition) is 5. The van der Waals surface area contributed by atoms with Crippen LogP contribution in [0.15, 0.2) is 58.9 Å². The van der Waals surface area contributed by atoms with E-state index in [9.17, 15) is 0 Å². The van der Waals surface area contributed by atoms with E-state index in [1.165, 1.54) is 18.4 Å². The second kappa shape index (κ2) is 7.91. The van der Waals surface area contributed by atoms with Gasteiger partial charge in [0.25, 0.3) is 0 Å². The molecular formula is C20H24BrN5. The molecule has 0 unspecified atom stereocenters. The van der Waals surface area contributed by atoms with E-state index in [0.29, 0.717) is 11.8 Å². The average Bonchev–Trinajstić information content (AvgIpc) is 3.43. The standard InChI is InChI=1S/C20H24BrN5/c1-13(15-5-6-15)11-14(2)23-19-18(21)12-22-20(25-19)24-16-7-9-17(10-8-16)26(3)4/h7-12,15H,2,5-6H2,1,3-4H3,(H2,22,23,24,25)/b13-11+. The lowest BCUT2D eigenvalue weighted by Gasteiger charge is -2.13. The Morgan fingerprint density at radius 1 is 1.27 bits per heavy atom. The summed E-state index contributed by atoms with van der Waals surface area (Å²) in [6.45, 7) is 6.24. The predicted molar refractivity (Wildman–Crippen MR) is 113 cm³/mol. The smallest absolute Gasteiger partial charge is 0.229 e. The Bertz CT molecular complexity index is 823. The van der Waals surface area contributed by atoms with E-state index < -0.39 is 0 Å². The van der Waals surface area contributed by atoms with Crippen LogP contribution in [0.1, 0.15) is 19.8 Å². The van der Waals surface area contributed by atoms with E-state index in [2.05, 4.69) is 61.0 Å². The van der Waals surface area contributed by atoms with Crippen molar-refractivity contribution in [3.63, 3.8) is 0 Å². The molecule has 1 heterocycles. The highest BCUT2D eigenvalue weighted by Crippen LogP contribution is 2.36. The number of allylic oxidation sites excluding steroid dienone is 2. The molecular weight excluding hydrogens is 390 g/mol. The quantitative estimate of drug-likeness (QED) is 0.600. The van der Waals surface area contributed by atoms with Gasteiger partial charge < -0.3 is 15.5 Å². The summed E-state index contributed by atoms with van der Waals surface area (Å²) >= 11 is 3.49. The fraction of sp³-hybridized carbons (Fsp3) is 0.300. The minimum absolute atomic E-state index is 0.531. The molecule has 0 bridgehead atoms. The van der Waals surface area contributed by atoms with E-state index in [-0.39, 0.29) is 0 Å². The lowest BCUT2D eigenvalue weighted by atomic mass is 10.1. The van der Waals surface area contributed by atoms with Crippen LogP contribution in [-0.4, -0.2) is 24.1 Å². The van der Waals surface area contributed by atoms with Crippen LogP contribution in [0.25, 0.3) is 0 Å². The van der Waals surface area contributed by atoms with Gasteiger partial charge in [0.15, 0.2) is 0 Å². The van der Waals surface area contributed by atoms with Gasteiger partial charge >= 0.3 is 0 Å². The number of nitrogens with one attached hydrogen (secondary N) is 2. The summed E-state index contributed by atoms with van der Waals surface area (Å²) in [5, 5.41) is 6.49. The normalized spacial score (nSPS) is 14.1. The van der Waals surface area contributed by atoms with Gasteiger partial charge in [-0.3, -0.25) is 0 Å². The van der Waals surface area contributed by atoms with E-state index in [1.807, 2.05) is 38.4 Å². The van der Waals surface area contributed by atoms with Crippen LogP contribution in [0.5, 0.6) is 0 Å². The van der Waals surface area contributed by atoms with Gasteiger partial charge in [-0.25, -0.2) is 4.98 Å². The van der Waals surface area contributed by atoms with Crippen molar-refractivity contribution in [1.82, 2.24) is 9.97 Å². The number of halogens is 1. The summed E-state index contributed by atoms with van der Waals surface area (Å²) in [5.74, 6) is 1.95. The number of rotatable bonds is 7. The number of hydrogen-bond donors (Lipinski definition) is 2. The molecule has 0 aliphatic heterocycles. The second-order valence-corrected chi connectivity index (χ2v) is 7.62. The third-order valence-electron chi connectivity index (χ3n) is 4.29. The Balaban J connectivity index is 1.70. The predicted octanol–water partition coefficient (Wildman–Crippen LogP) is 5.33. The molecule has 26 heavy (non-hydrogen) atoms. The molecule has 1 aromatic carbocycles. The maximum Gasteiger partial charge on any atom is 0.229 e. The topological polar surface area (TPSA) is 53.1 Å². The van der Waals surface area contributed by atoms with Crippen LogP contribution in [0.2, 0.25) is 0 Å². The largest absolute Gasteiger partial charge is 0.378 e. The molecule has 0 spiro atoms. The van der Waals surface area contributed by atoms with Gasteiger partial charge in [0.1, 0.15) is 5.82 Å². The number of aromatic nitrogens is 2. The van der Waals surface area contributed by atoms with Crippen LogP contribution in [0.3, 0.4) is 0 Å². The molecule has 0 saturated heterocycles. The zero-order chi connectivity index (χ0) is 18.7. The van der Waals surface area contributed by atoms with E-state index in [1.54, 1.807) is 6.20 Å². The lowest BCUT2D eigenvalue weighted by Crippen LogP contribution is -2.08. The van der Waals surface area contributed by atoms with Crippen LogP contribution in [0.4, 0.5) is 23.1 Å². The second-order valence-electron chi connectivity index (χ2n) is 6.77. The molecule has 5 nitrogen and oxygen atoms in total.